The smallest absolute Gasteiger partial charge is 0.237 e. The molecule has 1 N–H and O–H groups in total. The molecule has 5 heteroatoms. The highest BCUT2D eigenvalue weighted by Gasteiger charge is 2.25. The highest BCUT2D eigenvalue weighted by atomic mass is 16.5. The number of amides is 1. The topological polar surface area (TPSA) is 53.0 Å². The highest BCUT2D eigenvalue weighted by Crippen LogP contribution is 2.19. The Labute approximate surface area is 144 Å². The molecule has 0 bridgehead atoms. The third kappa shape index (κ3) is 4.56. The van der Waals surface area contributed by atoms with Gasteiger partial charge in [-0.3, -0.25) is 9.69 Å². The predicted octanol–water partition coefficient (Wildman–Crippen LogP) is 1.43. The minimum absolute atomic E-state index is 0.187. The number of carbonyl (C=O) groups is 1. The Kier molecular flexibility index (Phi) is 6.24. The van der Waals surface area contributed by atoms with Crippen LogP contribution < -0.4 is 0 Å². The Morgan fingerprint density at radius 1 is 1.17 bits per heavy atom. The number of hydrogen-bond donors (Lipinski definition) is 1. The van der Waals surface area contributed by atoms with Crippen LogP contribution in [0.25, 0.3) is 0 Å². The van der Waals surface area contributed by atoms with Gasteiger partial charge in [0.15, 0.2) is 0 Å². The van der Waals surface area contributed by atoms with Gasteiger partial charge in [-0.1, -0.05) is 24.3 Å². The average Bonchev–Trinajstić information content (AvgIpc) is 2.63. The van der Waals surface area contributed by atoms with Gasteiger partial charge in [0, 0.05) is 39.4 Å². The van der Waals surface area contributed by atoms with Crippen LogP contribution in [0.3, 0.4) is 0 Å². The first-order valence-corrected chi connectivity index (χ1v) is 9.05. The molecule has 5 nitrogen and oxygen atoms in total. The van der Waals surface area contributed by atoms with Crippen LogP contribution in [0.2, 0.25) is 0 Å². The van der Waals surface area contributed by atoms with E-state index in [-0.39, 0.29) is 18.6 Å². The van der Waals surface area contributed by atoms with E-state index in [9.17, 15) is 4.79 Å². The second-order valence-electron chi connectivity index (χ2n) is 6.76. The third-order valence-corrected chi connectivity index (χ3v) is 5.03. The van der Waals surface area contributed by atoms with Gasteiger partial charge in [-0.2, -0.15) is 0 Å². The first-order chi connectivity index (χ1) is 11.8. The number of carbonyl (C=O) groups excluding carboxylic acids is 1. The van der Waals surface area contributed by atoms with E-state index in [0.717, 1.165) is 45.4 Å². The van der Waals surface area contributed by atoms with E-state index in [1.54, 1.807) is 0 Å². The molecule has 3 rings (SSSR count). The van der Waals surface area contributed by atoms with E-state index < -0.39 is 0 Å². The molecule has 2 aliphatic rings. The molecular weight excluding hydrogens is 304 g/mol. The van der Waals surface area contributed by atoms with E-state index in [0.29, 0.717) is 19.6 Å². The van der Waals surface area contributed by atoms with Gasteiger partial charge in [0.25, 0.3) is 0 Å². The number of ether oxygens (including phenoxy) is 1. The van der Waals surface area contributed by atoms with Crippen LogP contribution in [0.5, 0.6) is 0 Å². The van der Waals surface area contributed by atoms with Crippen LogP contribution in [-0.2, 0) is 22.5 Å². The summed E-state index contributed by atoms with van der Waals surface area (Å²) in [4.78, 5) is 16.8. The molecule has 0 aromatic heterocycles. The van der Waals surface area contributed by atoms with Crippen molar-refractivity contribution < 1.29 is 14.6 Å². The fraction of sp³-hybridized carbons (Fsp3) is 0.632. The monoisotopic (exact) mass is 332 g/mol. The zero-order valence-electron chi connectivity index (χ0n) is 14.3. The van der Waals surface area contributed by atoms with Crippen molar-refractivity contribution in [2.45, 2.75) is 38.3 Å². The molecule has 0 spiro atoms. The van der Waals surface area contributed by atoms with Crippen molar-refractivity contribution in [1.82, 2.24) is 9.80 Å². The maximum Gasteiger partial charge on any atom is 0.237 e. The molecule has 2 heterocycles. The minimum atomic E-state index is 0.187. The fourth-order valence-corrected chi connectivity index (χ4v) is 3.55. The summed E-state index contributed by atoms with van der Waals surface area (Å²) in [5.41, 5.74) is 2.66. The maximum absolute atomic E-state index is 12.6. The van der Waals surface area contributed by atoms with Gasteiger partial charge in [0.2, 0.25) is 5.91 Å². The quantitative estimate of drug-likeness (QED) is 0.801. The van der Waals surface area contributed by atoms with Crippen LogP contribution in [0.15, 0.2) is 24.3 Å². The van der Waals surface area contributed by atoms with Crippen LogP contribution in [0.4, 0.5) is 0 Å². The van der Waals surface area contributed by atoms with Crippen LogP contribution in [0.1, 0.15) is 30.4 Å². The number of nitrogens with zero attached hydrogens (tertiary/aromatic N) is 2. The lowest BCUT2D eigenvalue weighted by atomic mass is 10.00. The van der Waals surface area contributed by atoms with Crippen molar-refractivity contribution in [3.05, 3.63) is 35.4 Å². The number of hydrogen-bond acceptors (Lipinski definition) is 4. The van der Waals surface area contributed by atoms with Gasteiger partial charge in [0.05, 0.1) is 12.6 Å². The van der Waals surface area contributed by atoms with Crippen molar-refractivity contribution in [1.29, 1.82) is 0 Å². The predicted molar refractivity (Wildman–Crippen MR) is 92.7 cm³/mol. The average molecular weight is 332 g/mol. The standard InChI is InChI=1S/C19H28N2O3/c22-12-3-13-24-18-7-9-20(10-8-18)15-19(23)21-11-6-16-4-1-2-5-17(16)14-21/h1-2,4-5,18,22H,3,6-15H2. The first-order valence-electron chi connectivity index (χ1n) is 9.05. The third-order valence-electron chi connectivity index (χ3n) is 5.03. The summed E-state index contributed by atoms with van der Waals surface area (Å²) >= 11 is 0. The highest BCUT2D eigenvalue weighted by molar-refractivity contribution is 5.78. The molecule has 0 radical (unpaired) electrons. The first kappa shape index (κ1) is 17.4. The largest absolute Gasteiger partial charge is 0.396 e. The number of rotatable bonds is 6. The summed E-state index contributed by atoms with van der Waals surface area (Å²) in [5.74, 6) is 0.240. The van der Waals surface area contributed by atoms with E-state index in [4.69, 9.17) is 9.84 Å². The Hall–Kier alpha value is -1.43. The van der Waals surface area contributed by atoms with Crippen LogP contribution in [-0.4, -0.2) is 66.3 Å². The Morgan fingerprint density at radius 3 is 2.67 bits per heavy atom. The van der Waals surface area contributed by atoms with Crippen molar-refractivity contribution in [3.8, 4) is 0 Å². The van der Waals surface area contributed by atoms with E-state index in [1.807, 2.05) is 11.0 Å². The molecule has 1 aromatic carbocycles. The Balaban J connectivity index is 1.42. The van der Waals surface area contributed by atoms with Gasteiger partial charge < -0.3 is 14.7 Å². The van der Waals surface area contributed by atoms with Crippen LogP contribution in [0, 0.1) is 0 Å². The van der Waals surface area contributed by atoms with E-state index in [2.05, 4.69) is 23.1 Å². The second-order valence-corrected chi connectivity index (χ2v) is 6.76. The SMILES string of the molecule is O=C(CN1CCC(OCCCO)CC1)N1CCc2ccccc2C1. The van der Waals surface area contributed by atoms with Crippen molar-refractivity contribution >= 4 is 5.91 Å². The van der Waals surface area contributed by atoms with Gasteiger partial charge in [-0.15, -0.1) is 0 Å². The van der Waals surface area contributed by atoms with Crippen LogP contribution >= 0.6 is 0 Å². The molecule has 132 valence electrons. The maximum atomic E-state index is 12.6. The molecule has 0 unspecified atom stereocenters. The Bertz CT molecular complexity index is 541. The summed E-state index contributed by atoms with van der Waals surface area (Å²) in [6.07, 6.45) is 3.89. The van der Waals surface area contributed by atoms with Crippen molar-refractivity contribution in [2.75, 3.05) is 39.4 Å². The van der Waals surface area contributed by atoms with Crippen molar-refractivity contribution in [2.24, 2.45) is 0 Å². The van der Waals surface area contributed by atoms with Gasteiger partial charge in [0.1, 0.15) is 0 Å². The number of aliphatic hydroxyl groups is 1. The number of fused-ring (bicyclic) bond motifs is 1. The summed E-state index contributed by atoms with van der Waals surface area (Å²) in [6, 6.07) is 8.42. The minimum Gasteiger partial charge on any atom is -0.396 e. The summed E-state index contributed by atoms with van der Waals surface area (Å²) in [5, 5.41) is 8.79. The molecular formula is C19H28N2O3. The molecule has 2 aliphatic heterocycles. The van der Waals surface area contributed by atoms with Crippen molar-refractivity contribution in [3.63, 3.8) is 0 Å². The zero-order valence-corrected chi connectivity index (χ0v) is 14.3. The zero-order chi connectivity index (χ0) is 16.8. The van der Waals surface area contributed by atoms with E-state index in [1.165, 1.54) is 11.1 Å². The van der Waals surface area contributed by atoms with E-state index >= 15 is 0 Å². The molecule has 0 atom stereocenters. The molecule has 24 heavy (non-hydrogen) atoms. The second kappa shape index (κ2) is 8.60. The van der Waals surface area contributed by atoms with Gasteiger partial charge in [-0.25, -0.2) is 0 Å². The fourth-order valence-electron chi connectivity index (χ4n) is 3.55. The Morgan fingerprint density at radius 2 is 1.92 bits per heavy atom. The molecule has 0 aliphatic carbocycles. The molecule has 1 amide bonds. The van der Waals surface area contributed by atoms with Gasteiger partial charge in [-0.05, 0) is 36.8 Å². The molecule has 1 saturated heterocycles. The summed E-state index contributed by atoms with van der Waals surface area (Å²) < 4.78 is 5.75. The molecule has 0 saturated carbocycles. The molecule has 1 aromatic rings. The normalized spacial score (nSPS) is 19.3. The lowest BCUT2D eigenvalue weighted by molar-refractivity contribution is -0.134. The molecule has 1 fully saturated rings. The van der Waals surface area contributed by atoms with Gasteiger partial charge >= 0.3 is 0 Å². The number of likely N-dealkylation sites (tertiary alicyclic amines) is 1. The lowest BCUT2D eigenvalue weighted by Crippen LogP contribution is -2.46. The lowest BCUT2D eigenvalue weighted by Gasteiger charge is -2.34. The summed E-state index contributed by atoms with van der Waals surface area (Å²) in [6.45, 7) is 4.75. The number of benzene rings is 1. The summed E-state index contributed by atoms with van der Waals surface area (Å²) in [7, 11) is 0. The number of aliphatic hydroxyl groups excluding tert-OH is 1. The number of piperidine rings is 1.